The van der Waals surface area contributed by atoms with E-state index in [0.717, 1.165) is 0 Å². The number of nitrogens with one attached hydrogen (secondary N) is 2. The first-order valence-electron chi connectivity index (χ1n) is 8.77. The number of amides is 3. The summed E-state index contributed by atoms with van der Waals surface area (Å²) in [5.74, 6) is -1.39. The van der Waals surface area contributed by atoms with Crippen molar-refractivity contribution in [3.05, 3.63) is 23.5 Å². The van der Waals surface area contributed by atoms with E-state index in [0.29, 0.717) is 16.7 Å². The van der Waals surface area contributed by atoms with E-state index in [-0.39, 0.29) is 17.6 Å². The van der Waals surface area contributed by atoms with E-state index in [1.165, 1.54) is 6.92 Å². The quantitative estimate of drug-likeness (QED) is 0.773. The topological polar surface area (TPSA) is 115 Å². The molecule has 2 heterocycles. The summed E-state index contributed by atoms with van der Waals surface area (Å²) < 4.78 is 6.95. The third-order valence-corrected chi connectivity index (χ3v) is 3.71. The number of carbonyl (C=O) groups excluding carboxylic acids is 3. The number of hydrogen-bond donors (Lipinski definition) is 2. The highest BCUT2D eigenvalue weighted by atomic mass is 16.5. The fourth-order valence-corrected chi connectivity index (χ4v) is 2.48. The van der Waals surface area contributed by atoms with Gasteiger partial charge in [0.1, 0.15) is 0 Å². The zero-order chi connectivity index (χ0) is 20.3. The molecule has 0 aliphatic carbocycles. The maximum Gasteiger partial charge on any atom is 0.339 e. The smallest absolute Gasteiger partial charge is 0.339 e. The average molecular weight is 375 g/mol. The Balaban J connectivity index is 2.18. The maximum atomic E-state index is 12.6. The lowest BCUT2D eigenvalue weighted by atomic mass is 10.1. The number of rotatable bonds is 5. The van der Waals surface area contributed by atoms with Crippen LogP contribution in [-0.4, -0.2) is 44.8 Å². The molecular formula is C18H25N5O4. The number of carbonyl (C=O) groups is 3. The number of hydrogen-bond acceptors (Lipinski definition) is 6. The molecule has 146 valence electrons. The number of urea groups is 1. The highest BCUT2D eigenvalue weighted by Gasteiger charge is 2.24. The molecule has 1 atom stereocenters. The Bertz CT molecular complexity index is 872. The first-order valence-corrected chi connectivity index (χ1v) is 8.77. The van der Waals surface area contributed by atoms with Gasteiger partial charge >= 0.3 is 12.0 Å². The lowest BCUT2D eigenvalue weighted by molar-refractivity contribution is -0.127. The normalized spacial score (nSPS) is 12.3. The molecule has 2 rings (SSSR count). The number of esters is 1. The van der Waals surface area contributed by atoms with Crippen molar-refractivity contribution in [2.45, 2.75) is 59.7 Å². The minimum atomic E-state index is -1.14. The zero-order valence-electron chi connectivity index (χ0n) is 16.4. The van der Waals surface area contributed by atoms with Crippen molar-refractivity contribution in [1.82, 2.24) is 25.4 Å². The fraction of sp³-hybridized carbons (Fsp3) is 0.500. The molecule has 0 saturated carbocycles. The van der Waals surface area contributed by atoms with Gasteiger partial charge in [-0.25, -0.2) is 19.3 Å². The van der Waals surface area contributed by atoms with Crippen molar-refractivity contribution in [2.24, 2.45) is 0 Å². The van der Waals surface area contributed by atoms with Crippen LogP contribution in [0.15, 0.2) is 12.3 Å². The largest absolute Gasteiger partial charge is 0.449 e. The molecule has 2 N–H and O–H groups in total. The molecule has 2 aromatic rings. The Hall–Kier alpha value is -2.97. The van der Waals surface area contributed by atoms with Crippen LogP contribution in [0.1, 0.15) is 56.7 Å². The number of ether oxygens (including phenoxy) is 1. The zero-order valence-corrected chi connectivity index (χ0v) is 16.4. The van der Waals surface area contributed by atoms with Gasteiger partial charge in [-0.1, -0.05) is 0 Å². The first-order chi connectivity index (χ1) is 12.6. The predicted molar refractivity (Wildman–Crippen MR) is 99.3 cm³/mol. The minimum Gasteiger partial charge on any atom is -0.449 e. The lowest BCUT2D eigenvalue weighted by Crippen LogP contribution is -2.46. The van der Waals surface area contributed by atoms with Crippen LogP contribution in [0.2, 0.25) is 0 Å². The number of pyridine rings is 1. The summed E-state index contributed by atoms with van der Waals surface area (Å²) in [5.41, 5.74) is 1.48. The molecule has 9 nitrogen and oxygen atoms in total. The van der Waals surface area contributed by atoms with Crippen molar-refractivity contribution in [1.29, 1.82) is 0 Å². The highest BCUT2D eigenvalue weighted by Crippen LogP contribution is 2.22. The number of aryl methyl sites for hydroxylation is 1. The molecule has 0 aromatic carbocycles. The molecule has 27 heavy (non-hydrogen) atoms. The molecule has 9 heteroatoms. The predicted octanol–water partition coefficient (Wildman–Crippen LogP) is 2.10. The second-order valence-electron chi connectivity index (χ2n) is 6.90. The molecule has 0 radical (unpaired) electrons. The van der Waals surface area contributed by atoms with Crippen molar-refractivity contribution in [3.8, 4) is 0 Å². The summed E-state index contributed by atoms with van der Waals surface area (Å²) in [6.45, 7) is 10.6. The van der Waals surface area contributed by atoms with Crippen LogP contribution in [0.25, 0.3) is 11.0 Å². The second kappa shape index (κ2) is 8.15. The van der Waals surface area contributed by atoms with Gasteiger partial charge in [0.25, 0.3) is 5.91 Å². The van der Waals surface area contributed by atoms with Crippen molar-refractivity contribution in [2.75, 3.05) is 0 Å². The molecule has 0 spiro atoms. The van der Waals surface area contributed by atoms with Gasteiger partial charge in [0.05, 0.1) is 17.1 Å². The van der Waals surface area contributed by atoms with E-state index in [2.05, 4.69) is 20.7 Å². The molecule has 0 fully saturated rings. The van der Waals surface area contributed by atoms with E-state index >= 15 is 0 Å². The van der Waals surface area contributed by atoms with Gasteiger partial charge < -0.3 is 10.1 Å². The van der Waals surface area contributed by atoms with Crippen LogP contribution >= 0.6 is 0 Å². The summed E-state index contributed by atoms with van der Waals surface area (Å²) in [4.78, 5) is 40.7. The van der Waals surface area contributed by atoms with E-state index in [4.69, 9.17) is 4.74 Å². The monoisotopic (exact) mass is 375 g/mol. The van der Waals surface area contributed by atoms with E-state index in [1.807, 2.05) is 13.8 Å². The van der Waals surface area contributed by atoms with Gasteiger partial charge in [-0.15, -0.1) is 0 Å². The van der Waals surface area contributed by atoms with Gasteiger partial charge in [0.2, 0.25) is 0 Å². The number of imide groups is 1. The van der Waals surface area contributed by atoms with Crippen molar-refractivity contribution < 1.29 is 19.1 Å². The molecule has 3 amide bonds. The van der Waals surface area contributed by atoms with Gasteiger partial charge in [-0.05, 0) is 47.6 Å². The summed E-state index contributed by atoms with van der Waals surface area (Å²) in [5, 5.41) is 9.49. The molecular weight excluding hydrogens is 350 g/mol. The van der Waals surface area contributed by atoms with Crippen LogP contribution in [0.5, 0.6) is 0 Å². The second-order valence-corrected chi connectivity index (χ2v) is 6.90. The lowest BCUT2D eigenvalue weighted by Gasteiger charge is -2.15. The Labute approximate surface area is 157 Å². The van der Waals surface area contributed by atoms with E-state index < -0.39 is 24.0 Å². The Morgan fingerprint density at radius 2 is 1.81 bits per heavy atom. The summed E-state index contributed by atoms with van der Waals surface area (Å²) in [6.07, 6.45) is 0.415. The molecule has 0 saturated heterocycles. The third kappa shape index (κ3) is 4.81. The molecule has 1 unspecified atom stereocenters. The Morgan fingerprint density at radius 1 is 1.15 bits per heavy atom. The van der Waals surface area contributed by atoms with Gasteiger partial charge in [0, 0.05) is 17.8 Å². The van der Waals surface area contributed by atoms with Gasteiger partial charge in [-0.3, -0.25) is 10.1 Å². The fourth-order valence-electron chi connectivity index (χ4n) is 2.48. The van der Waals surface area contributed by atoms with Gasteiger partial charge in [0.15, 0.2) is 11.8 Å². The number of nitrogens with zero attached hydrogens (tertiary/aromatic N) is 3. The van der Waals surface area contributed by atoms with Gasteiger partial charge in [-0.2, -0.15) is 5.10 Å². The molecule has 0 aliphatic rings. The van der Waals surface area contributed by atoms with Crippen LogP contribution in [0, 0.1) is 6.92 Å². The van der Waals surface area contributed by atoms with Crippen molar-refractivity contribution in [3.63, 3.8) is 0 Å². The Kier molecular flexibility index (Phi) is 6.14. The molecule has 2 aromatic heterocycles. The number of fused-ring (bicyclic) bond motifs is 1. The van der Waals surface area contributed by atoms with Crippen LogP contribution < -0.4 is 10.6 Å². The summed E-state index contributed by atoms with van der Waals surface area (Å²) in [7, 11) is 0. The van der Waals surface area contributed by atoms with E-state index in [9.17, 15) is 14.4 Å². The Morgan fingerprint density at radius 3 is 2.41 bits per heavy atom. The SMILES string of the molecule is Cc1cc(C(=O)OC(C)C(=O)NC(=O)NC(C)C)c2cnn(C(C)C)c2n1. The first kappa shape index (κ1) is 20.3. The van der Waals surface area contributed by atoms with Crippen LogP contribution in [0.4, 0.5) is 4.79 Å². The summed E-state index contributed by atoms with van der Waals surface area (Å²) in [6, 6.07) is 0.900. The summed E-state index contributed by atoms with van der Waals surface area (Å²) >= 11 is 0. The van der Waals surface area contributed by atoms with Crippen LogP contribution in [0.3, 0.4) is 0 Å². The maximum absolute atomic E-state index is 12.6. The van der Waals surface area contributed by atoms with E-state index in [1.54, 1.807) is 37.7 Å². The molecule has 0 bridgehead atoms. The average Bonchev–Trinajstić information content (AvgIpc) is 2.96. The van der Waals surface area contributed by atoms with Crippen LogP contribution in [-0.2, 0) is 9.53 Å². The number of aromatic nitrogens is 3. The third-order valence-electron chi connectivity index (χ3n) is 3.71. The molecule has 0 aliphatic heterocycles. The minimum absolute atomic E-state index is 0.0739. The standard InChI is InChI=1S/C18H25N5O4/c1-9(2)20-18(26)22-16(24)12(6)27-17(25)13-7-11(5)21-15-14(13)8-19-23(15)10(3)4/h7-10,12H,1-6H3,(H2,20,22,24,26). The highest BCUT2D eigenvalue weighted by molar-refractivity contribution is 6.04. The van der Waals surface area contributed by atoms with Crippen molar-refractivity contribution >= 4 is 28.9 Å².